The maximum absolute atomic E-state index is 8.62. The summed E-state index contributed by atoms with van der Waals surface area (Å²) in [4.78, 5) is 0. The lowest BCUT2D eigenvalue weighted by molar-refractivity contribution is 0.0973. The molecule has 0 amide bonds. The maximum Gasteiger partial charge on any atom is 0.707 e. The predicted molar refractivity (Wildman–Crippen MR) is 73.1 cm³/mol. The van der Waals surface area contributed by atoms with Crippen LogP contribution in [0.15, 0.2) is 24.3 Å². The van der Waals surface area contributed by atoms with Gasteiger partial charge in [0.1, 0.15) is 18.1 Å². The monoisotopic (exact) mass is 268 g/mol. The Kier molecular flexibility index (Phi) is 8.05. The highest BCUT2D eigenvalue weighted by Crippen LogP contribution is 2.17. The third kappa shape index (κ3) is 7.72. The minimum absolute atomic E-state index is 0.373. The molecule has 0 spiro atoms. The van der Waals surface area contributed by atoms with Gasteiger partial charge in [0.05, 0.1) is 6.61 Å². The molecule has 5 nitrogen and oxygen atoms in total. The van der Waals surface area contributed by atoms with E-state index in [9.17, 15) is 0 Å². The quantitative estimate of drug-likeness (QED) is 0.498. The molecule has 0 fully saturated rings. The van der Waals surface area contributed by atoms with Gasteiger partial charge < -0.3 is 24.2 Å². The van der Waals surface area contributed by atoms with E-state index in [0.717, 1.165) is 13.0 Å². The standard InChI is InChI=1S/C13H21BO5/c1-2-3-4-9-17-10-11-18-12-5-7-13(8-6-12)19-14(15)16/h5-8,15-16H,2-4,9-11H2,1H3. The fourth-order valence-electron chi connectivity index (χ4n) is 1.51. The Morgan fingerprint density at radius 1 is 0.947 bits per heavy atom. The number of ether oxygens (including phenoxy) is 2. The van der Waals surface area contributed by atoms with Crippen molar-refractivity contribution in [2.24, 2.45) is 0 Å². The van der Waals surface area contributed by atoms with E-state index in [1.165, 1.54) is 12.8 Å². The van der Waals surface area contributed by atoms with Gasteiger partial charge in [0.25, 0.3) is 0 Å². The van der Waals surface area contributed by atoms with Gasteiger partial charge in [-0.2, -0.15) is 0 Å². The molecular weight excluding hydrogens is 247 g/mol. The van der Waals surface area contributed by atoms with Crippen LogP contribution >= 0.6 is 0 Å². The highest BCUT2D eigenvalue weighted by molar-refractivity contribution is 6.33. The molecule has 0 radical (unpaired) electrons. The minimum atomic E-state index is -1.80. The van der Waals surface area contributed by atoms with E-state index in [1.54, 1.807) is 24.3 Å². The van der Waals surface area contributed by atoms with Crippen LogP contribution in [0.3, 0.4) is 0 Å². The lowest BCUT2D eigenvalue weighted by Crippen LogP contribution is -2.20. The van der Waals surface area contributed by atoms with Gasteiger partial charge in [-0.1, -0.05) is 19.8 Å². The van der Waals surface area contributed by atoms with Crippen molar-refractivity contribution >= 4 is 7.32 Å². The number of hydrogen-bond donors (Lipinski definition) is 2. The highest BCUT2D eigenvalue weighted by Gasteiger charge is 2.10. The van der Waals surface area contributed by atoms with Crippen molar-refractivity contribution in [2.45, 2.75) is 26.2 Å². The van der Waals surface area contributed by atoms with E-state index in [1.807, 2.05) is 0 Å². The summed E-state index contributed by atoms with van der Waals surface area (Å²) in [5.74, 6) is 1.06. The van der Waals surface area contributed by atoms with E-state index < -0.39 is 7.32 Å². The van der Waals surface area contributed by atoms with Crippen LogP contribution in [0.4, 0.5) is 0 Å². The van der Waals surface area contributed by atoms with E-state index >= 15 is 0 Å². The average molecular weight is 268 g/mol. The Labute approximate surface area is 114 Å². The fourth-order valence-corrected chi connectivity index (χ4v) is 1.51. The Balaban J connectivity index is 2.12. The summed E-state index contributed by atoms with van der Waals surface area (Å²) < 4.78 is 15.6. The fraction of sp³-hybridized carbons (Fsp3) is 0.538. The molecular formula is C13H21BO5. The summed E-state index contributed by atoms with van der Waals surface area (Å²) >= 11 is 0. The van der Waals surface area contributed by atoms with E-state index in [0.29, 0.717) is 24.7 Å². The van der Waals surface area contributed by atoms with Crippen molar-refractivity contribution in [1.29, 1.82) is 0 Å². The van der Waals surface area contributed by atoms with Crippen molar-refractivity contribution in [3.63, 3.8) is 0 Å². The molecule has 0 saturated carbocycles. The molecule has 1 aromatic carbocycles. The van der Waals surface area contributed by atoms with Crippen molar-refractivity contribution in [3.05, 3.63) is 24.3 Å². The van der Waals surface area contributed by atoms with E-state index in [-0.39, 0.29) is 0 Å². The van der Waals surface area contributed by atoms with Gasteiger partial charge in [0.15, 0.2) is 0 Å². The van der Waals surface area contributed by atoms with Crippen LogP contribution in [0, 0.1) is 0 Å². The van der Waals surface area contributed by atoms with Crippen LogP contribution in [-0.2, 0) is 4.74 Å². The second-order valence-corrected chi connectivity index (χ2v) is 4.08. The van der Waals surface area contributed by atoms with Gasteiger partial charge in [-0.05, 0) is 30.7 Å². The third-order valence-corrected chi connectivity index (χ3v) is 2.45. The summed E-state index contributed by atoms with van der Waals surface area (Å²) in [6.45, 7) is 4.00. The summed E-state index contributed by atoms with van der Waals surface area (Å²) in [5, 5.41) is 17.2. The zero-order valence-electron chi connectivity index (χ0n) is 11.2. The molecule has 6 heteroatoms. The first-order valence-electron chi connectivity index (χ1n) is 6.55. The van der Waals surface area contributed by atoms with Crippen molar-refractivity contribution in [3.8, 4) is 11.5 Å². The molecule has 1 rings (SSSR count). The molecule has 0 atom stereocenters. The Hall–Kier alpha value is -1.24. The topological polar surface area (TPSA) is 68.2 Å². The van der Waals surface area contributed by atoms with Crippen LogP contribution in [0.1, 0.15) is 26.2 Å². The number of rotatable bonds is 10. The molecule has 19 heavy (non-hydrogen) atoms. The van der Waals surface area contributed by atoms with Crippen molar-refractivity contribution in [2.75, 3.05) is 19.8 Å². The molecule has 0 heterocycles. The van der Waals surface area contributed by atoms with Crippen LogP contribution in [-0.4, -0.2) is 37.2 Å². The minimum Gasteiger partial charge on any atom is -0.512 e. The molecule has 0 aromatic heterocycles. The first kappa shape index (κ1) is 15.8. The smallest absolute Gasteiger partial charge is 0.512 e. The first-order valence-corrected chi connectivity index (χ1v) is 6.55. The maximum atomic E-state index is 8.62. The van der Waals surface area contributed by atoms with Crippen molar-refractivity contribution < 1.29 is 24.2 Å². The van der Waals surface area contributed by atoms with Gasteiger partial charge in [-0.25, -0.2) is 0 Å². The SMILES string of the molecule is CCCCCOCCOc1ccc(OB(O)O)cc1. The van der Waals surface area contributed by atoms with Crippen LogP contribution in [0.5, 0.6) is 11.5 Å². The Morgan fingerprint density at radius 3 is 2.26 bits per heavy atom. The van der Waals surface area contributed by atoms with E-state index in [2.05, 4.69) is 11.6 Å². The third-order valence-electron chi connectivity index (χ3n) is 2.45. The lowest BCUT2D eigenvalue weighted by atomic mass is 10.2. The number of benzene rings is 1. The molecule has 0 aliphatic heterocycles. The molecule has 0 saturated heterocycles. The molecule has 0 aliphatic rings. The first-order chi connectivity index (χ1) is 9.22. The Bertz CT molecular complexity index is 328. The predicted octanol–water partition coefficient (Wildman–Crippen LogP) is 1.62. The zero-order chi connectivity index (χ0) is 13.9. The molecule has 2 N–H and O–H groups in total. The second kappa shape index (κ2) is 9.66. The second-order valence-electron chi connectivity index (χ2n) is 4.08. The summed E-state index contributed by atoms with van der Waals surface area (Å²) in [7, 11) is -1.80. The lowest BCUT2D eigenvalue weighted by Gasteiger charge is -2.08. The van der Waals surface area contributed by atoms with Crippen LogP contribution < -0.4 is 9.39 Å². The summed E-state index contributed by atoms with van der Waals surface area (Å²) in [5.41, 5.74) is 0. The highest BCUT2D eigenvalue weighted by atomic mass is 16.6. The van der Waals surface area contributed by atoms with Crippen LogP contribution in [0.25, 0.3) is 0 Å². The van der Waals surface area contributed by atoms with Gasteiger partial charge in [-0.3, -0.25) is 0 Å². The van der Waals surface area contributed by atoms with E-state index in [4.69, 9.17) is 19.5 Å². The molecule has 0 bridgehead atoms. The van der Waals surface area contributed by atoms with Crippen LogP contribution in [0.2, 0.25) is 0 Å². The molecule has 0 unspecified atom stereocenters. The molecule has 106 valence electrons. The largest absolute Gasteiger partial charge is 0.707 e. The zero-order valence-corrected chi connectivity index (χ0v) is 11.2. The van der Waals surface area contributed by atoms with Crippen molar-refractivity contribution in [1.82, 2.24) is 0 Å². The number of hydrogen-bond acceptors (Lipinski definition) is 5. The van der Waals surface area contributed by atoms with Gasteiger partial charge in [0.2, 0.25) is 0 Å². The normalized spacial score (nSPS) is 10.3. The van der Waals surface area contributed by atoms with Gasteiger partial charge >= 0.3 is 7.32 Å². The Morgan fingerprint density at radius 2 is 1.63 bits per heavy atom. The molecule has 0 aliphatic carbocycles. The summed E-state index contributed by atoms with van der Waals surface area (Å²) in [6.07, 6.45) is 3.47. The van der Waals surface area contributed by atoms with Gasteiger partial charge in [0, 0.05) is 6.61 Å². The average Bonchev–Trinajstić information content (AvgIpc) is 2.39. The number of unbranched alkanes of at least 4 members (excludes halogenated alkanes) is 2. The molecule has 1 aromatic rings. The van der Waals surface area contributed by atoms with Gasteiger partial charge in [-0.15, -0.1) is 0 Å². The summed E-state index contributed by atoms with van der Waals surface area (Å²) in [6, 6.07) is 6.62.